The lowest BCUT2D eigenvalue weighted by Gasteiger charge is -2.24. The maximum absolute atomic E-state index is 13.8. The number of hydrogen-bond donors (Lipinski definition) is 1. The number of amides is 2. The Balaban J connectivity index is 1.56. The summed E-state index contributed by atoms with van der Waals surface area (Å²) in [6.45, 7) is -0.200. The van der Waals surface area contributed by atoms with Crippen LogP contribution in [0.5, 0.6) is 0 Å². The lowest BCUT2D eigenvalue weighted by molar-refractivity contribution is -0.121. The van der Waals surface area contributed by atoms with Crippen LogP contribution in [-0.4, -0.2) is 16.8 Å². The highest BCUT2D eigenvalue weighted by Gasteiger charge is 2.39. The molecule has 1 unspecified atom stereocenters. The average molecular weight is 411 g/mol. The third-order valence-electron chi connectivity index (χ3n) is 4.88. The van der Waals surface area contributed by atoms with Crippen LogP contribution in [0.25, 0.3) is 0 Å². The third kappa shape index (κ3) is 3.76. The SMILES string of the molecule is O=C(CC1c2ncccc2C(=O)N1c1ccc(F)cc1)NCc1cc(F)ccc1F. The van der Waals surface area contributed by atoms with Gasteiger partial charge >= 0.3 is 0 Å². The molecular weight excluding hydrogens is 395 g/mol. The van der Waals surface area contributed by atoms with Crippen molar-refractivity contribution >= 4 is 17.5 Å². The zero-order valence-electron chi connectivity index (χ0n) is 15.6. The van der Waals surface area contributed by atoms with Crippen molar-refractivity contribution in [1.29, 1.82) is 0 Å². The van der Waals surface area contributed by atoms with Crippen LogP contribution in [0.1, 0.15) is 34.1 Å². The number of nitrogens with one attached hydrogen (secondary N) is 1. The molecule has 2 aromatic carbocycles. The fourth-order valence-corrected chi connectivity index (χ4v) is 3.46. The minimum Gasteiger partial charge on any atom is -0.352 e. The van der Waals surface area contributed by atoms with E-state index >= 15 is 0 Å². The second-order valence-electron chi connectivity index (χ2n) is 6.82. The zero-order valence-corrected chi connectivity index (χ0v) is 15.6. The van der Waals surface area contributed by atoms with E-state index in [9.17, 15) is 22.8 Å². The summed E-state index contributed by atoms with van der Waals surface area (Å²) in [6, 6.07) is 10.9. The van der Waals surface area contributed by atoms with Crippen LogP contribution >= 0.6 is 0 Å². The first-order chi connectivity index (χ1) is 14.4. The van der Waals surface area contributed by atoms with Crippen molar-refractivity contribution in [3.8, 4) is 0 Å². The highest BCUT2D eigenvalue weighted by Crippen LogP contribution is 2.38. The number of anilines is 1. The molecule has 1 N–H and O–H groups in total. The van der Waals surface area contributed by atoms with Gasteiger partial charge in [-0.25, -0.2) is 13.2 Å². The molecule has 0 bridgehead atoms. The van der Waals surface area contributed by atoms with Crippen LogP contribution in [0.2, 0.25) is 0 Å². The van der Waals surface area contributed by atoms with E-state index in [0.717, 1.165) is 18.2 Å². The Labute approximate surface area is 170 Å². The van der Waals surface area contributed by atoms with Gasteiger partial charge in [-0.3, -0.25) is 19.5 Å². The van der Waals surface area contributed by atoms with Crippen molar-refractivity contribution in [2.24, 2.45) is 0 Å². The van der Waals surface area contributed by atoms with Gasteiger partial charge in [0.25, 0.3) is 5.91 Å². The second kappa shape index (κ2) is 7.98. The summed E-state index contributed by atoms with van der Waals surface area (Å²) < 4.78 is 40.4. The van der Waals surface area contributed by atoms with Crippen LogP contribution < -0.4 is 10.2 Å². The zero-order chi connectivity index (χ0) is 21.3. The second-order valence-corrected chi connectivity index (χ2v) is 6.82. The van der Waals surface area contributed by atoms with Crippen molar-refractivity contribution in [3.05, 3.63) is 95.1 Å². The normalized spacial score (nSPS) is 15.2. The van der Waals surface area contributed by atoms with Crippen molar-refractivity contribution in [2.45, 2.75) is 19.0 Å². The Morgan fingerprint density at radius 3 is 2.53 bits per heavy atom. The topological polar surface area (TPSA) is 62.3 Å². The van der Waals surface area contributed by atoms with Gasteiger partial charge in [0.2, 0.25) is 5.91 Å². The number of benzene rings is 2. The molecule has 152 valence electrons. The smallest absolute Gasteiger partial charge is 0.260 e. The van der Waals surface area contributed by atoms with E-state index in [4.69, 9.17) is 0 Å². The molecule has 0 saturated carbocycles. The summed E-state index contributed by atoms with van der Waals surface area (Å²) in [5.41, 5.74) is 1.22. The summed E-state index contributed by atoms with van der Waals surface area (Å²) in [5, 5.41) is 2.55. The molecule has 1 aliphatic rings. The van der Waals surface area contributed by atoms with Crippen molar-refractivity contribution in [1.82, 2.24) is 10.3 Å². The van der Waals surface area contributed by atoms with Gasteiger partial charge in [-0.2, -0.15) is 0 Å². The Morgan fingerprint density at radius 1 is 1.03 bits per heavy atom. The van der Waals surface area contributed by atoms with Gasteiger partial charge in [0.15, 0.2) is 0 Å². The number of pyridine rings is 1. The maximum Gasteiger partial charge on any atom is 0.260 e. The van der Waals surface area contributed by atoms with Gasteiger partial charge in [-0.15, -0.1) is 0 Å². The van der Waals surface area contributed by atoms with Gasteiger partial charge in [-0.1, -0.05) is 0 Å². The lowest BCUT2D eigenvalue weighted by Crippen LogP contribution is -2.33. The number of carbonyl (C=O) groups excluding carboxylic acids is 2. The number of halogens is 3. The van der Waals surface area contributed by atoms with Crippen LogP contribution in [0.3, 0.4) is 0 Å². The summed E-state index contributed by atoms with van der Waals surface area (Å²) >= 11 is 0. The van der Waals surface area contributed by atoms with E-state index in [1.54, 1.807) is 12.1 Å². The summed E-state index contributed by atoms with van der Waals surface area (Å²) in [4.78, 5) is 31.1. The molecule has 0 aliphatic carbocycles. The van der Waals surface area contributed by atoms with Gasteiger partial charge < -0.3 is 5.32 Å². The van der Waals surface area contributed by atoms with E-state index in [0.29, 0.717) is 16.9 Å². The molecular formula is C22H16F3N3O2. The molecule has 1 aromatic heterocycles. The van der Waals surface area contributed by atoms with E-state index in [1.165, 1.54) is 35.4 Å². The van der Waals surface area contributed by atoms with Crippen LogP contribution in [-0.2, 0) is 11.3 Å². The summed E-state index contributed by atoms with van der Waals surface area (Å²) in [6.07, 6.45) is 1.37. The van der Waals surface area contributed by atoms with Gasteiger partial charge in [-0.05, 0) is 54.6 Å². The summed E-state index contributed by atoms with van der Waals surface area (Å²) in [7, 11) is 0. The molecule has 0 radical (unpaired) electrons. The quantitative estimate of drug-likeness (QED) is 0.693. The molecule has 30 heavy (non-hydrogen) atoms. The van der Waals surface area contributed by atoms with E-state index in [1.807, 2.05) is 0 Å². The monoisotopic (exact) mass is 411 g/mol. The first-order valence-electron chi connectivity index (χ1n) is 9.18. The minimum absolute atomic E-state index is 0.0137. The van der Waals surface area contributed by atoms with E-state index < -0.39 is 29.4 Å². The van der Waals surface area contributed by atoms with E-state index in [-0.39, 0.29) is 24.4 Å². The molecule has 2 amide bonds. The highest BCUT2D eigenvalue weighted by atomic mass is 19.1. The maximum atomic E-state index is 13.8. The molecule has 8 heteroatoms. The first-order valence-corrected chi connectivity index (χ1v) is 9.18. The lowest BCUT2D eigenvalue weighted by atomic mass is 10.1. The molecule has 1 aliphatic heterocycles. The molecule has 0 fully saturated rings. The van der Waals surface area contributed by atoms with Crippen LogP contribution in [0.15, 0.2) is 60.8 Å². The third-order valence-corrected chi connectivity index (χ3v) is 4.88. The minimum atomic E-state index is -0.712. The van der Waals surface area contributed by atoms with Gasteiger partial charge in [0.05, 0.1) is 23.7 Å². The van der Waals surface area contributed by atoms with Crippen LogP contribution in [0.4, 0.5) is 18.9 Å². The Bertz CT molecular complexity index is 1120. The number of nitrogens with zero attached hydrogens (tertiary/aromatic N) is 2. The number of fused-ring (bicyclic) bond motifs is 1. The molecule has 1 atom stereocenters. The Morgan fingerprint density at radius 2 is 1.77 bits per heavy atom. The molecule has 5 nitrogen and oxygen atoms in total. The van der Waals surface area contributed by atoms with Crippen LogP contribution in [0, 0.1) is 17.5 Å². The number of carbonyl (C=O) groups is 2. The average Bonchev–Trinajstić information content (AvgIpc) is 3.01. The Kier molecular flexibility index (Phi) is 5.22. The molecule has 0 spiro atoms. The van der Waals surface area contributed by atoms with Gasteiger partial charge in [0, 0.05) is 24.0 Å². The first kappa shape index (κ1) is 19.6. The predicted molar refractivity (Wildman–Crippen MR) is 103 cm³/mol. The van der Waals surface area contributed by atoms with E-state index in [2.05, 4.69) is 10.3 Å². The predicted octanol–water partition coefficient (Wildman–Crippen LogP) is 3.91. The van der Waals surface area contributed by atoms with Gasteiger partial charge in [0.1, 0.15) is 17.5 Å². The molecule has 4 rings (SSSR count). The number of aromatic nitrogens is 1. The molecule has 2 heterocycles. The fourth-order valence-electron chi connectivity index (χ4n) is 3.46. The standard InChI is InChI=1S/C22H16F3N3O2/c23-14-3-6-16(7-4-14)28-19(21-17(22(28)30)2-1-9-26-21)11-20(29)27-12-13-10-15(24)5-8-18(13)25/h1-10,19H,11-12H2,(H,27,29). The highest BCUT2D eigenvalue weighted by molar-refractivity contribution is 6.11. The number of rotatable bonds is 5. The molecule has 0 saturated heterocycles. The largest absolute Gasteiger partial charge is 0.352 e. The fraction of sp³-hybridized carbons (Fsp3) is 0.136. The summed E-state index contributed by atoms with van der Waals surface area (Å²) in [5.74, 6) is -2.51. The van der Waals surface area contributed by atoms with Crippen molar-refractivity contribution in [2.75, 3.05) is 4.90 Å². The molecule has 3 aromatic rings. The van der Waals surface area contributed by atoms with Crippen molar-refractivity contribution in [3.63, 3.8) is 0 Å². The number of hydrogen-bond acceptors (Lipinski definition) is 3. The van der Waals surface area contributed by atoms with Crippen molar-refractivity contribution < 1.29 is 22.8 Å². The Hall–Kier alpha value is -3.68.